The van der Waals surface area contributed by atoms with Gasteiger partial charge in [0.1, 0.15) is 4.90 Å². The minimum absolute atomic E-state index is 0.0492. The van der Waals surface area contributed by atoms with Crippen molar-refractivity contribution in [1.29, 1.82) is 0 Å². The quantitative estimate of drug-likeness (QED) is 0.0922. The van der Waals surface area contributed by atoms with Crippen LogP contribution in [0, 0.1) is 13.7 Å². The molecule has 1 heterocycles. The molecule has 0 unspecified atom stereocenters. The van der Waals surface area contributed by atoms with Gasteiger partial charge >= 0.3 is 10.1 Å². The van der Waals surface area contributed by atoms with E-state index in [1.807, 2.05) is 22.6 Å². The second-order valence-corrected chi connectivity index (χ2v) is 12.4. The minimum atomic E-state index is -4.28. The lowest BCUT2D eigenvalue weighted by Crippen LogP contribution is -2.27. The number of benzene rings is 3. The summed E-state index contributed by atoms with van der Waals surface area (Å²) in [7, 11) is -4.28. The second-order valence-electron chi connectivity index (χ2n) is 8.70. The number of imide groups is 1. The molecule has 218 valence electrons. The Morgan fingerprint density at radius 2 is 1.79 bits per heavy atom. The lowest BCUT2D eigenvalue weighted by atomic mass is 10.1. The van der Waals surface area contributed by atoms with Crippen molar-refractivity contribution in [3.05, 3.63) is 90.4 Å². The van der Waals surface area contributed by atoms with E-state index >= 15 is 0 Å². The van der Waals surface area contributed by atoms with Gasteiger partial charge in [0.2, 0.25) is 5.91 Å². The van der Waals surface area contributed by atoms with Crippen LogP contribution in [0.15, 0.2) is 70.5 Å². The smallest absolute Gasteiger partial charge is 0.339 e. The number of amides is 3. The first-order chi connectivity index (χ1) is 19.9. The number of nitro groups is 1. The van der Waals surface area contributed by atoms with Gasteiger partial charge in [0.25, 0.3) is 16.8 Å². The van der Waals surface area contributed by atoms with Gasteiger partial charge in [-0.2, -0.15) is 8.42 Å². The number of hydrogen-bond donors (Lipinski definition) is 1. The largest absolute Gasteiger partial charge is 0.490 e. The van der Waals surface area contributed by atoms with Gasteiger partial charge < -0.3 is 14.2 Å². The highest BCUT2D eigenvalue weighted by atomic mass is 127. The molecule has 0 bridgehead atoms. The monoisotopic (exact) mass is 723 g/mol. The van der Waals surface area contributed by atoms with Crippen molar-refractivity contribution >= 4 is 79.0 Å². The zero-order valence-electron chi connectivity index (χ0n) is 22.0. The van der Waals surface area contributed by atoms with Crippen molar-refractivity contribution in [2.24, 2.45) is 0 Å². The zero-order valence-corrected chi connectivity index (χ0v) is 25.8. The van der Waals surface area contributed by atoms with Crippen LogP contribution in [0.25, 0.3) is 6.08 Å². The maximum absolute atomic E-state index is 13.0. The Bertz CT molecular complexity index is 1710. The fraction of sp³-hybridized carbons (Fsp3) is 0.148. The molecule has 0 atom stereocenters. The molecule has 1 aliphatic heterocycles. The van der Waals surface area contributed by atoms with E-state index in [1.165, 1.54) is 67.6 Å². The molecule has 1 saturated heterocycles. The fourth-order valence-corrected chi connectivity index (χ4v) is 6.45. The van der Waals surface area contributed by atoms with E-state index < -0.39 is 26.2 Å². The molecule has 3 aromatic carbocycles. The molecule has 1 N–H and O–H groups in total. The average Bonchev–Trinajstić information content (AvgIpc) is 3.18. The fourth-order valence-electron chi connectivity index (χ4n) is 3.77. The summed E-state index contributed by atoms with van der Waals surface area (Å²) >= 11 is 2.63. The Morgan fingerprint density at radius 1 is 1.12 bits per heavy atom. The van der Waals surface area contributed by atoms with Gasteiger partial charge in [-0.15, -0.1) is 0 Å². The molecule has 0 aliphatic carbocycles. The van der Waals surface area contributed by atoms with E-state index in [0.717, 1.165) is 16.7 Å². The predicted octanol–water partition coefficient (Wildman–Crippen LogP) is 5.56. The molecule has 4 rings (SSSR count). The number of hydrogen-bond acceptors (Lipinski definition) is 10. The third-order valence-corrected chi connectivity index (χ3v) is 8.59. The number of carbonyl (C=O) groups is 3. The second kappa shape index (κ2) is 12.9. The standard InChI is InChI=1S/C27H22IN3O9S2/c1-3-39-23-13-18(12-22(28)25(23)40-42(37,38)21-10-6-19(7-11-21)29-16(2)32)14-24-26(33)30(27(34)41-24)15-17-4-8-20(9-5-17)31(35)36/h4-14H,3,15H2,1-2H3,(H,29,32)/b24-14-. The van der Waals surface area contributed by atoms with Gasteiger partial charge in [0, 0.05) is 24.7 Å². The van der Waals surface area contributed by atoms with Crippen LogP contribution in [0.2, 0.25) is 0 Å². The molecule has 1 aliphatic rings. The highest BCUT2D eigenvalue weighted by Gasteiger charge is 2.35. The third kappa shape index (κ3) is 7.27. The molecule has 3 amide bonds. The number of non-ortho nitro benzene ring substituents is 1. The van der Waals surface area contributed by atoms with Crippen molar-refractivity contribution in [3.63, 3.8) is 0 Å². The van der Waals surface area contributed by atoms with Gasteiger partial charge in [-0.05, 0) is 94.9 Å². The molecule has 0 radical (unpaired) electrons. The predicted molar refractivity (Wildman–Crippen MR) is 163 cm³/mol. The molecule has 15 heteroatoms. The molecule has 3 aromatic rings. The number of rotatable bonds is 10. The number of nitro benzene ring substituents is 1. The van der Waals surface area contributed by atoms with E-state index in [1.54, 1.807) is 13.0 Å². The lowest BCUT2D eigenvalue weighted by molar-refractivity contribution is -0.384. The summed E-state index contributed by atoms with van der Waals surface area (Å²) in [6.45, 7) is 3.18. The number of nitrogens with one attached hydrogen (secondary N) is 1. The Hall–Kier alpha value is -3.96. The molecular formula is C27H22IN3O9S2. The molecule has 42 heavy (non-hydrogen) atoms. The summed E-state index contributed by atoms with van der Waals surface area (Å²) < 4.78 is 37.5. The van der Waals surface area contributed by atoms with E-state index in [-0.39, 0.29) is 46.0 Å². The third-order valence-electron chi connectivity index (χ3n) is 5.65. The molecule has 12 nitrogen and oxygen atoms in total. The summed E-state index contributed by atoms with van der Waals surface area (Å²) in [4.78, 5) is 48.3. The lowest BCUT2D eigenvalue weighted by Gasteiger charge is -2.15. The zero-order chi connectivity index (χ0) is 30.6. The number of anilines is 1. The maximum atomic E-state index is 13.0. The molecule has 0 aromatic heterocycles. The van der Waals surface area contributed by atoms with Crippen molar-refractivity contribution in [2.45, 2.75) is 25.3 Å². The van der Waals surface area contributed by atoms with E-state index in [2.05, 4.69) is 5.32 Å². The van der Waals surface area contributed by atoms with E-state index in [0.29, 0.717) is 20.4 Å². The Kier molecular flexibility index (Phi) is 9.53. The molecule has 1 fully saturated rings. The minimum Gasteiger partial charge on any atom is -0.490 e. The van der Waals surface area contributed by atoms with Gasteiger partial charge in [0.05, 0.1) is 26.6 Å². The van der Waals surface area contributed by atoms with Crippen LogP contribution in [0.3, 0.4) is 0 Å². The summed E-state index contributed by atoms with van der Waals surface area (Å²) in [5.74, 6) is -0.778. The van der Waals surface area contributed by atoms with Crippen molar-refractivity contribution in [2.75, 3.05) is 11.9 Å². The highest BCUT2D eigenvalue weighted by Crippen LogP contribution is 2.39. The SMILES string of the molecule is CCOc1cc(/C=C2\SC(=O)N(Cc3ccc([N+](=O)[O-])cc3)C2=O)cc(I)c1OS(=O)(=O)c1ccc(NC(C)=O)cc1. The number of carbonyl (C=O) groups excluding carboxylic acids is 3. The normalized spacial score (nSPS) is 14.3. The first-order valence-corrected chi connectivity index (χ1v) is 15.5. The summed E-state index contributed by atoms with van der Waals surface area (Å²) in [6.07, 6.45) is 1.49. The summed E-state index contributed by atoms with van der Waals surface area (Å²) in [5, 5.41) is 12.9. The highest BCUT2D eigenvalue weighted by molar-refractivity contribution is 14.1. The first-order valence-electron chi connectivity index (χ1n) is 12.1. The van der Waals surface area contributed by atoms with Gasteiger partial charge in [0.15, 0.2) is 11.5 Å². The Morgan fingerprint density at radius 3 is 2.38 bits per heavy atom. The van der Waals surface area contributed by atoms with Crippen molar-refractivity contribution in [1.82, 2.24) is 4.90 Å². The average molecular weight is 724 g/mol. The van der Waals surface area contributed by atoms with Crippen LogP contribution in [-0.2, 0) is 26.3 Å². The van der Waals surface area contributed by atoms with Gasteiger partial charge in [-0.1, -0.05) is 12.1 Å². The molecular weight excluding hydrogens is 701 g/mol. The number of nitrogens with zero attached hydrogens (tertiary/aromatic N) is 2. The van der Waals surface area contributed by atoms with Crippen LogP contribution < -0.4 is 14.2 Å². The van der Waals surface area contributed by atoms with Gasteiger partial charge in [-0.3, -0.25) is 29.4 Å². The maximum Gasteiger partial charge on any atom is 0.339 e. The summed E-state index contributed by atoms with van der Waals surface area (Å²) in [6, 6.07) is 14.1. The Balaban J connectivity index is 1.57. The van der Waals surface area contributed by atoms with E-state index in [9.17, 15) is 32.9 Å². The van der Waals surface area contributed by atoms with E-state index in [4.69, 9.17) is 8.92 Å². The molecule has 0 saturated carbocycles. The van der Waals surface area contributed by atoms with Crippen molar-refractivity contribution in [3.8, 4) is 11.5 Å². The number of ether oxygens (including phenoxy) is 1. The Labute approximate surface area is 258 Å². The van der Waals surface area contributed by atoms with Crippen LogP contribution in [0.5, 0.6) is 11.5 Å². The summed E-state index contributed by atoms with van der Waals surface area (Å²) in [5.41, 5.74) is 1.33. The van der Waals surface area contributed by atoms with Gasteiger partial charge in [-0.25, -0.2) is 0 Å². The van der Waals surface area contributed by atoms with Crippen LogP contribution in [0.1, 0.15) is 25.0 Å². The molecule has 0 spiro atoms. The topological polar surface area (TPSA) is 162 Å². The van der Waals surface area contributed by atoms with Crippen molar-refractivity contribution < 1.29 is 36.6 Å². The number of halogens is 1. The van der Waals surface area contributed by atoms with Crippen LogP contribution in [0.4, 0.5) is 16.2 Å². The first kappa shape index (κ1) is 31.0. The number of thioether (sulfide) groups is 1. The van der Waals surface area contributed by atoms with Crippen LogP contribution in [-0.4, -0.2) is 41.9 Å². The van der Waals surface area contributed by atoms with Crippen LogP contribution >= 0.6 is 34.4 Å².